The molecule has 1 aliphatic heterocycles. The van der Waals surface area contributed by atoms with E-state index < -0.39 is 0 Å². The second-order valence-corrected chi connectivity index (χ2v) is 7.72. The lowest BCUT2D eigenvalue weighted by Crippen LogP contribution is -2.42. The highest BCUT2D eigenvalue weighted by Crippen LogP contribution is 2.30. The minimum Gasteiger partial charge on any atom is -0.330 e. The minimum absolute atomic E-state index is 0.108. The van der Waals surface area contributed by atoms with E-state index in [9.17, 15) is 9.59 Å². The van der Waals surface area contributed by atoms with Crippen LogP contribution in [-0.2, 0) is 6.54 Å². The van der Waals surface area contributed by atoms with E-state index in [0.29, 0.717) is 17.8 Å². The first-order chi connectivity index (χ1) is 14.5. The average Bonchev–Trinajstić information content (AvgIpc) is 2.78. The molecule has 3 aromatic heterocycles. The first-order valence-electron chi connectivity index (χ1n) is 10.2. The van der Waals surface area contributed by atoms with Gasteiger partial charge in [-0.2, -0.15) is 0 Å². The molecule has 154 valence electrons. The fourth-order valence-corrected chi connectivity index (χ4v) is 3.92. The van der Waals surface area contributed by atoms with Crippen molar-refractivity contribution in [2.45, 2.75) is 45.7 Å². The van der Waals surface area contributed by atoms with Gasteiger partial charge in [-0.05, 0) is 56.9 Å². The predicted molar refractivity (Wildman–Crippen MR) is 113 cm³/mol. The summed E-state index contributed by atoms with van der Waals surface area (Å²) >= 11 is 0. The van der Waals surface area contributed by atoms with Crippen molar-refractivity contribution < 1.29 is 4.79 Å². The molecule has 1 unspecified atom stereocenters. The Morgan fingerprint density at radius 1 is 1.10 bits per heavy atom. The normalized spacial score (nSPS) is 16.5. The van der Waals surface area contributed by atoms with Crippen molar-refractivity contribution in [3.8, 4) is 0 Å². The second-order valence-electron chi connectivity index (χ2n) is 7.72. The van der Waals surface area contributed by atoms with Gasteiger partial charge in [-0.1, -0.05) is 6.07 Å². The van der Waals surface area contributed by atoms with Gasteiger partial charge in [0.2, 0.25) is 0 Å². The Morgan fingerprint density at radius 2 is 1.97 bits per heavy atom. The molecule has 3 aromatic rings. The number of carbonyl (C=O) groups is 1. The van der Waals surface area contributed by atoms with Crippen LogP contribution < -0.4 is 5.56 Å². The summed E-state index contributed by atoms with van der Waals surface area (Å²) in [4.78, 5) is 41.6. The van der Waals surface area contributed by atoms with E-state index in [0.717, 1.165) is 30.7 Å². The van der Waals surface area contributed by atoms with E-state index >= 15 is 0 Å². The lowest BCUT2D eigenvalue weighted by molar-refractivity contribution is 0.0602. The van der Waals surface area contributed by atoms with E-state index in [4.69, 9.17) is 0 Å². The number of likely N-dealkylation sites (tertiary alicyclic amines) is 1. The van der Waals surface area contributed by atoms with Crippen LogP contribution in [0.15, 0.2) is 53.8 Å². The van der Waals surface area contributed by atoms with Crippen LogP contribution in [0.25, 0.3) is 0 Å². The van der Waals surface area contributed by atoms with Gasteiger partial charge in [0.05, 0.1) is 35.9 Å². The number of piperidine rings is 1. The Bertz CT molecular complexity index is 1090. The van der Waals surface area contributed by atoms with Gasteiger partial charge >= 0.3 is 0 Å². The lowest BCUT2D eigenvalue weighted by Gasteiger charge is -2.35. The fourth-order valence-electron chi connectivity index (χ4n) is 3.92. The molecule has 7 nitrogen and oxygen atoms in total. The Balaban J connectivity index is 1.67. The van der Waals surface area contributed by atoms with Crippen molar-refractivity contribution in [1.29, 1.82) is 0 Å². The lowest BCUT2D eigenvalue weighted by atomic mass is 9.97. The van der Waals surface area contributed by atoms with Gasteiger partial charge in [0.1, 0.15) is 5.56 Å². The zero-order valence-corrected chi connectivity index (χ0v) is 17.3. The van der Waals surface area contributed by atoms with Crippen molar-refractivity contribution in [1.82, 2.24) is 24.4 Å². The first-order valence-corrected chi connectivity index (χ1v) is 10.2. The molecule has 4 rings (SSSR count). The molecule has 4 heterocycles. The summed E-state index contributed by atoms with van der Waals surface area (Å²) in [5.41, 5.74) is 2.97. The highest BCUT2D eigenvalue weighted by molar-refractivity contribution is 5.95. The van der Waals surface area contributed by atoms with Crippen LogP contribution in [0.2, 0.25) is 0 Å². The number of pyridine rings is 2. The van der Waals surface area contributed by atoms with Gasteiger partial charge in [0.25, 0.3) is 11.5 Å². The van der Waals surface area contributed by atoms with Crippen LogP contribution in [0.5, 0.6) is 0 Å². The third kappa shape index (κ3) is 4.01. The molecule has 0 saturated carbocycles. The predicted octanol–water partition coefficient (Wildman–Crippen LogP) is 3.07. The van der Waals surface area contributed by atoms with E-state index in [-0.39, 0.29) is 29.6 Å². The van der Waals surface area contributed by atoms with E-state index in [1.807, 2.05) is 43.0 Å². The highest BCUT2D eigenvalue weighted by Gasteiger charge is 2.31. The van der Waals surface area contributed by atoms with Crippen LogP contribution >= 0.6 is 0 Å². The zero-order valence-electron chi connectivity index (χ0n) is 17.3. The van der Waals surface area contributed by atoms with Gasteiger partial charge in [-0.25, -0.2) is 0 Å². The molecule has 1 fully saturated rings. The van der Waals surface area contributed by atoms with Crippen LogP contribution in [0, 0.1) is 13.8 Å². The summed E-state index contributed by atoms with van der Waals surface area (Å²) in [5, 5.41) is 0. The number of amides is 1. The fraction of sp³-hybridized carbons (Fsp3) is 0.348. The maximum atomic E-state index is 13.5. The zero-order chi connectivity index (χ0) is 21.1. The van der Waals surface area contributed by atoms with Gasteiger partial charge in [-0.3, -0.25) is 24.5 Å². The van der Waals surface area contributed by atoms with Gasteiger partial charge < -0.3 is 9.47 Å². The third-order valence-corrected chi connectivity index (χ3v) is 5.55. The molecule has 1 amide bonds. The molecule has 0 N–H and O–H groups in total. The molecule has 1 aliphatic rings. The summed E-state index contributed by atoms with van der Waals surface area (Å²) in [7, 11) is 0. The minimum atomic E-state index is -0.298. The van der Waals surface area contributed by atoms with Crippen LogP contribution in [0.1, 0.15) is 58.3 Å². The maximum absolute atomic E-state index is 13.5. The summed E-state index contributed by atoms with van der Waals surface area (Å²) in [6, 6.07) is 7.45. The van der Waals surface area contributed by atoms with Crippen molar-refractivity contribution in [3.63, 3.8) is 0 Å². The maximum Gasteiger partial charge on any atom is 0.264 e. The Hall–Kier alpha value is -3.35. The average molecular weight is 403 g/mol. The number of aryl methyl sites for hydroxylation is 2. The van der Waals surface area contributed by atoms with Gasteiger partial charge in [0.15, 0.2) is 0 Å². The number of hydrogen-bond donors (Lipinski definition) is 0. The summed E-state index contributed by atoms with van der Waals surface area (Å²) in [6.07, 6.45) is 9.60. The standard InChI is InChI=1S/C23H25N5O2/c1-16-9-12-27(15-18-14-25-17(2)13-26-18)22(29)21(16)23(30)28-11-6-4-8-20(28)19-7-3-5-10-24-19/h3,5,7,9-10,12-14,20H,4,6,8,11,15H2,1-2H3. The molecule has 1 atom stereocenters. The van der Waals surface area contributed by atoms with Crippen molar-refractivity contribution >= 4 is 5.91 Å². The second kappa shape index (κ2) is 8.57. The number of rotatable bonds is 4. The number of carbonyl (C=O) groups excluding carboxylic acids is 1. The van der Waals surface area contributed by atoms with Gasteiger partial charge in [0, 0.05) is 25.1 Å². The molecule has 0 bridgehead atoms. The van der Waals surface area contributed by atoms with Crippen molar-refractivity contribution in [2.24, 2.45) is 0 Å². The molecule has 7 heteroatoms. The van der Waals surface area contributed by atoms with Crippen LogP contribution in [0.4, 0.5) is 0 Å². The molecule has 30 heavy (non-hydrogen) atoms. The van der Waals surface area contributed by atoms with Gasteiger partial charge in [-0.15, -0.1) is 0 Å². The molecule has 1 saturated heterocycles. The number of hydrogen-bond acceptors (Lipinski definition) is 5. The Labute approximate surface area is 175 Å². The Morgan fingerprint density at radius 3 is 2.70 bits per heavy atom. The van der Waals surface area contributed by atoms with Crippen LogP contribution in [-0.4, -0.2) is 36.9 Å². The largest absolute Gasteiger partial charge is 0.330 e. The Kier molecular flexibility index (Phi) is 5.70. The number of aromatic nitrogens is 4. The molecule has 0 spiro atoms. The monoisotopic (exact) mass is 403 g/mol. The molecular weight excluding hydrogens is 378 g/mol. The SMILES string of the molecule is Cc1cnc(Cn2ccc(C)c(C(=O)N3CCCCC3c3ccccn3)c2=O)cn1. The number of nitrogens with zero attached hydrogens (tertiary/aromatic N) is 5. The summed E-state index contributed by atoms with van der Waals surface area (Å²) < 4.78 is 1.53. The van der Waals surface area contributed by atoms with Crippen molar-refractivity contribution in [2.75, 3.05) is 6.54 Å². The summed E-state index contributed by atoms with van der Waals surface area (Å²) in [6.45, 7) is 4.57. The quantitative estimate of drug-likeness (QED) is 0.669. The first kappa shape index (κ1) is 19.9. The third-order valence-electron chi connectivity index (χ3n) is 5.55. The summed E-state index contributed by atoms with van der Waals surface area (Å²) in [5.74, 6) is -0.225. The molecule has 0 radical (unpaired) electrons. The van der Waals surface area contributed by atoms with E-state index in [1.54, 1.807) is 24.8 Å². The van der Waals surface area contributed by atoms with E-state index in [1.165, 1.54) is 4.57 Å². The topological polar surface area (TPSA) is 81.0 Å². The molecule has 0 aromatic carbocycles. The van der Waals surface area contributed by atoms with E-state index in [2.05, 4.69) is 15.0 Å². The molecular formula is C23H25N5O2. The van der Waals surface area contributed by atoms with Crippen molar-refractivity contribution in [3.05, 3.63) is 87.6 Å². The smallest absolute Gasteiger partial charge is 0.264 e. The molecule has 0 aliphatic carbocycles. The van der Waals surface area contributed by atoms with Crippen LogP contribution in [0.3, 0.4) is 0 Å². The highest BCUT2D eigenvalue weighted by atomic mass is 16.2.